The van der Waals surface area contributed by atoms with Crippen LogP contribution < -0.4 is 11.3 Å². The van der Waals surface area contributed by atoms with Crippen molar-refractivity contribution < 1.29 is 4.39 Å². The van der Waals surface area contributed by atoms with Crippen molar-refractivity contribution in [2.45, 2.75) is 45.1 Å². The standard InChI is InChI=1S/C14H20ClFN2/c1-14(6-2-3-7-14)13(18-17)8-10-4-5-11(15)9-12(10)16/h4-5,9,13,18H,2-3,6-8,17H2,1H3. The van der Waals surface area contributed by atoms with Gasteiger partial charge in [-0.3, -0.25) is 11.3 Å². The Labute approximate surface area is 113 Å². The van der Waals surface area contributed by atoms with E-state index in [1.807, 2.05) is 0 Å². The molecule has 1 aromatic carbocycles. The molecule has 0 aromatic heterocycles. The van der Waals surface area contributed by atoms with Gasteiger partial charge in [0.1, 0.15) is 5.82 Å². The Hall–Kier alpha value is -0.640. The van der Waals surface area contributed by atoms with Crippen molar-refractivity contribution >= 4 is 11.6 Å². The van der Waals surface area contributed by atoms with E-state index < -0.39 is 0 Å². The maximum Gasteiger partial charge on any atom is 0.127 e. The van der Waals surface area contributed by atoms with Crippen molar-refractivity contribution in [3.63, 3.8) is 0 Å². The van der Waals surface area contributed by atoms with Gasteiger partial charge in [0.2, 0.25) is 0 Å². The Morgan fingerprint density at radius 2 is 2.11 bits per heavy atom. The molecule has 100 valence electrons. The lowest BCUT2D eigenvalue weighted by Gasteiger charge is -2.33. The molecule has 0 saturated heterocycles. The summed E-state index contributed by atoms with van der Waals surface area (Å²) in [5.74, 6) is 5.42. The van der Waals surface area contributed by atoms with Crippen LogP contribution in [0.2, 0.25) is 5.02 Å². The Morgan fingerprint density at radius 3 is 2.67 bits per heavy atom. The lowest BCUT2D eigenvalue weighted by molar-refractivity contribution is 0.219. The number of hydrazine groups is 1. The molecule has 0 bridgehead atoms. The van der Waals surface area contributed by atoms with Crippen molar-refractivity contribution in [1.82, 2.24) is 5.43 Å². The van der Waals surface area contributed by atoms with Gasteiger partial charge in [0.15, 0.2) is 0 Å². The Bertz CT molecular complexity index is 416. The Balaban J connectivity index is 2.15. The average molecular weight is 271 g/mol. The number of benzene rings is 1. The zero-order chi connectivity index (χ0) is 13.2. The largest absolute Gasteiger partial charge is 0.271 e. The Kier molecular flexibility index (Phi) is 4.25. The smallest absolute Gasteiger partial charge is 0.127 e. The maximum atomic E-state index is 13.8. The first-order chi connectivity index (χ1) is 8.55. The minimum absolute atomic E-state index is 0.107. The zero-order valence-electron chi connectivity index (χ0n) is 10.7. The van der Waals surface area contributed by atoms with E-state index in [1.54, 1.807) is 12.1 Å². The molecule has 0 amide bonds. The predicted octanol–water partition coefficient (Wildman–Crippen LogP) is 3.43. The minimum atomic E-state index is -0.246. The lowest BCUT2D eigenvalue weighted by atomic mass is 9.78. The molecule has 0 radical (unpaired) electrons. The number of rotatable bonds is 4. The molecular formula is C14H20ClFN2. The maximum absolute atomic E-state index is 13.8. The highest BCUT2D eigenvalue weighted by Crippen LogP contribution is 2.41. The van der Waals surface area contributed by atoms with E-state index in [2.05, 4.69) is 12.3 Å². The second-order valence-corrected chi connectivity index (χ2v) is 5.96. The molecule has 1 fully saturated rings. The van der Waals surface area contributed by atoms with Crippen LogP contribution >= 0.6 is 11.6 Å². The molecule has 2 rings (SSSR count). The van der Waals surface area contributed by atoms with Crippen molar-refractivity contribution in [2.75, 3.05) is 0 Å². The van der Waals surface area contributed by atoms with Crippen molar-refractivity contribution in [2.24, 2.45) is 11.3 Å². The minimum Gasteiger partial charge on any atom is -0.271 e. The fraction of sp³-hybridized carbons (Fsp3) is 0.571. The fourth-order valence-electron chi connectivity index (χ4n) is 2.94. The number of hydrogen-bond donors (Lipinski definition) is 2. The topological polar surface area (TPSA) is 38.0 Å². The summed E-state index contributed by atoms with van der Waals surface area (Å²) in [4.78, 5) is 0. The molecule has 2 nitrogen and oxygen atoms in total. The van der Waals surface area contributed by atoms with Gasteiger partial charge in [-0.2, -0.15) is 0 Å². The summed E-state index contributed by atoms with van der Waals surface area (Å²) < 4.78 is 13.8. The summed E-state index contributed by atoms with van der Waals surface area (Å²) in [6.07, 6.45) is 5.37. The highest BCUT2D eigenvalue weighted by molar-refractivity contribution is 6.30. The van der Waals surface area contributed by atoms with Gasteiger partial charge >= 0.3 is 0 Å². The van der Waals surface area contributed by atoms with Crippen LogP contribution in [0.15, 0.2) is 18.2 Å². The van der Waals surface area contributed by atoms with E-state index >= 15 is 0 Å². The van der Waals surface area contributed by atoms with Crippen molar-refractivity contribution in [3.05, 3.63) is 34.6 Å². The molecule has 3 N–H and O–H groups in total. The van der Waals surface area contributed by atoms with Gasteiger partial charge in [-0.05, 0) is 42.4 Å². The molecule has 0 aliphatic heterocycles. The highest BCUT2D eigenvalue weighted by Gasteiger charge is 2.36. The van der Waals surface area contributed by atoms with E-state index in [4.69, 9.17) is 17.4 Å². The molecular weight excluding hydrogens is 251 g/mol. The number of hydrogen-bond acceptors (Lipinski definition) is 2. The molecule has 1 saturated carbocycles. The summed E-state index contributed by atoms with van der Waals surface area (Å²) >= 11 is 5.76. The number of nitrogens with two attached hydrogens (primary N) is 1. The third-order valence-corrected chi connectivity index (χ3v) is 4.46. The van der Waals surface area contributed by atoms with E-state index in [0.29, 0.717) is 17.0 Å². The molecule has 1 unspecified atom stereocenters. The van der Waals surface area contributed by atoms with Gasteiger partial charge in [0.25, 0.3) is 0 Å². The fourth-order valence-corrected chi connectivity index (χ4v) is 3.10. The molecule has 1 aliphatic carbocycles. The SMILES string of the molecule is CC1(C(Cc2ccc(Cl)cc2F)NN)CCCC1. The van der Waals surface area contributed by atoms with Gasteiger partial charge < -0.3 is 0 Å². The third-order valence-electron chi connectivity index (χ3n) is 4.23. The van der Waals surface area contributed by atoms with Crippen LogP contribution in [0.4, 0.5) is 4.39 Å². The summed E-state index contributed by atoms with van der Waals surface area (Å²) in [7, 11) is 0. The molecule has 1 atom stereocenters. The first-order valence-electron chi connectivity index (χ1n) is 6.45. The van der Waals surface area contributed by atoms with E-state index in [-0.39, 0.29) is 17.3 Å². The number of nitrogens with one attached hydrogen (secondary N) is 1. The van der Waals surface area contributed by atoms with Crippen LogP contribution in [0.3, 0.4) is 0 Å². The molecule has 0 heterocycles. The third kappa shape index (κ3) is 2.85. The van der Waals surface area contributed by atoms with Crippen molar-refractivity contribution in [3.8, 4) is 0 Å². The van der Waals surface area contributed by atoms with E-state index in [0.717, 1.165) is 12.8 Å². The second-order valence-electron chi connectivity index (χ2n) is 5.52. The van der Waals surface area contributed by atoms with E-state index in [1.165, 1.54) is 18.9 Å². The van der Waals surface area contributed by atoms with Crippen LogP contribution in [-0.4, -0.2) is 6.04 Å². The predicted molar refractivity (Wildman–Crippen MR) is 72.8 cm³/mol. The molecule has 1 aromatic rings. The normalized spacial score (nSPS) is 20.0. The quantitative estimate of drug-likeness (QED) is 0.650. The van der Waals surface area contributed by atoms with Crippen LogP contribution in [0.25, 0.3) is 0 Å². The first-order valence-corrected chi connectivity index (χ1v) is 6.83. The Morgan fingerprint density at radius 1 is 1.44 bits per heavy atom. The van der Waals surface area contributed by atoms with Crippen LogP contribution in [-0.2, 0) is 6.42 Å². The van der Waals surface area contributed by atoms with Gasteiger partial charge in [0, 0.05) is 11.1 Å². The van der Waals surface area contributed by atoms with Gasteiger partial charge in [-0.25, -0.2) is 4.39 Å². The van der Waals surface area contributed by atoms with Gasteiger partial charge in [0.05, 0.1) is 0 Å². The zero-order valence-corrected chi connectivity index (χ0v) is 11.4. The summed E-state index contributed by atoms with van der Waals surface area (Å²) in [6, 6.07) is 4.95. The monoisotopic (exact) mass is 270 g/mol. The summed E-state index contributed by atoms with van der Waals surface area (Å²) in [6.45, 7) is 2.23. The van der Waals surface area contributed by atoms with Gasteiger partial charge in [-0.15, -0.1) is 0 Å². The highest BCUT2D eigenvalue weighted by atomic mass is 35.5. The molecule has 18 heavy (non-hydrogen) atoms. The van der Waals surface area contributed by atoms with E-state index in [9.17, 15) is 4.39 Å². The van der Waals surface area contributed by atoms with Crippen LogP contribution in [0.5, 0.6) is 0 Å². The molecule has 1 aliphatic rings. The number of halogens is 2. The average Bonchev–Trinajstić information content (AvgIpc) is 2.76. The van der Waals surface area contributed by atoms with Crippen LogP contribution in [0.1, 0.15) is 38.2 Å². The van der Waals surface area contributed by atoms with Crippen molar-refractivity contribution in [1.29, 1.82) is 0 Å². The van der Waals surface area contributed by atoms with Gasteiger partial charge in [-0.1, -0.05) is 37.4 Å². The summed E-state index contributed by atoms with van der Waals surface area (Å²) in [5, 5.41) is 0.431. The lowest BCUT2D eigenvalue weighted by Crippen LogP contribution is -2.47. The summed E-state index contributed by atoms with van der Waals surface area (Å²) in [5.41, 5.74) is 3.72. The second kappa shape index (κ2) is 5.55. The molecule has 4 heteroatoms. The van der Waals surface area contributed by atoms with Crippen LogP contribution in [0, 0.1) is 11.2 Å². The molecule has 0 spiro atoms. The first kappa shape index (κ1) is 13.8.